The minimum Gasteiger partial charge on any atom is -0.328 e. The van der Waals surface area contributed by atoms with Crippen LogP contribution in [0.2, 0.25) is 0 Å². The summed E-state index contributed by atoms with van der Waals surface area (Å²) in [5.41, 5.74) is 9.58. The zero-order valence-electron chi connectivity index (χ0n) is 12.6. The minimum absolute atomic E-state index is 0.265. The Morgan fingerprint density at radius 3 is 2.25 bits per heavy atom. The van der Waals surface area contributed by atoms with Crippen molar-refractivity contribution in [3.05, 3.63) is 35.4 Å². The molecule has 4 fully saturated rings. The second-order valence-corrected chi connectivity index (χ2v) is 8.08. The van der Waals surface area contributed by atoms with Gasteiger partial charge in [0.1, 0.15) is 0 Å². The van der Waals surface area contributed by atoms with E-state index in [1.54, 1.807) is 5.56 Å². The molecule has 0 spiro atoms. The maximum absolute atomic E-state index is 5.98. The van der Waals surface area contributed by atoms with E-state index in [1.807, 2.05) is 0 Å². The lowest BCUT2D eigenvalue weighted by Crippen LogP contribution is -2.48. The normalized spacial score (nSPS) is 40.0. The molecule has 2 N–H and O–H groups in total. The van der Waals surface area contributed by atoms with Crippen LogP contribution in [-0.4, -0.2) is 6.04 Å². The number of hydrogen-bond donors (Lipinski definition) is 1. The molecule has 1 aromatic rings. The number of nitrogens with two attached hydrogens (primary N) is 1. The van der Waals surface area contributed by atoms with Crippen LogP contribution in [0, 0.1) is 17.8 Å². The lowest BCUT2D eigenvalue weighted by molar-refractivity contribution is -0.00522. The maximum atomic E-state index is 5.98. The zero-order valence-corrected chi connectivity index (χ0v) is 12.6. The van der Waals surface area contributed by atoms with Crippen LogP contribution in [0.1, 0.15) is 56.6 Å². The highest BCUT2D eigenvalue weighted by atomic mass is 14.6. The van der Waals surface area contributed by atoms with Crippen LogP contribution in [0.5, 0.6) is 0 Å². The van der Waals surface area contributed by atoms with Gasteiger partial charge in [0.25, 0.3) is 0 Å². The lowest BCUT2D eigenvalue weighted by atomic mass is 9.48. The summed E-state index contributed by atoms with van der Waals surface area (Å²) in [7, 11) is 0. The van der Waals surface area contributed by atoms with Gasteiger partial charge in [0.2, 0.25) is 0 Å². The molecule has 4 aliphatic carbocycles. The van der Waals surface area contributed by atoms with Gasteiger partial charge < -0.3 is 5.73 Å². The topological polar surface area (TPSA) is 26.0 Å². The Labute approximate surface area is 122 Å². The Morgan fingerprint density at radius 2 is 1.70 bits per heavy atom. The van der Waals surface area contributed by atoms with Crippen molar-refractivity contribution >= 4 is 0 Å². The molecule has 108 valence electrons. The highest BCUT2D eigenvalue weighted by molar-refractivity contribution is 5.33. The summed E-state index contributed by atoms with van der Waals surface area (Å²) in [6.07, 6.45) is 9.97. The van der Waals surface area contributed by atoms with E-state index in [0.29, 0.717) is 5.41 Å². The molecule has 4 aliphatic rings. The molecule has 0 aromatic heterocycles. The highest BCUT2D eigenvalue weighted by Gasteiger charge is 2.51. The Hall–Kier alpha value is -0.820. The third kappa shape index (κ3) is 2.11. The van der Waals surface area contributed by atoms with Gasteiger partial charge >= 0.3 is 0 Å². The Balaban J connectivity index is 1.66. The largest absolute Gasteiger partial charge is 0.328 e. The molecule has 0 heterocycles. The molecule has 0 amide bonds. The van der Waals surface area contributed by atoms with Crippen LogP contribution in [0.4, 0.5) is 0 Å². The van der Waals surface area contributed by atoms with Crippen molar-refractivity contribution in [2.45, 2.75) is 63.3 Å². The quantitative estimate of drug-likeness (QED) is 0.880. The SMILES string of the molecule is CC(N)Cc1cccc(C23CC4CC(CC(C4)C2)C3)c1. The molecule has 1 aromatic carbocycles. The van der Waals surface area contributed by atoms with Gasteiger partial charge in [-0.2, -0.15) is 0 Å². The molecular weight excluding hydrogens is 242 g/mol. The summed E-state index contributed by atoms with van der Waals surface area (Å²) >= 11 is 0. The smallest absolute Gasteiger partial charge is 0.00509 e. The van der Waals surface area contributed by atoms with Gasteiger partial charge in [-0.3, -0.25) is 0 Å². The fourth-order valence-corrected chi connectivity index (χ4v) is 5.86. The van der Waals surface area contributed by atoms with E-state index in [-0.39, 0.29) is 6.04 Å². The van der Waals surface area contributed by atoms with Gasteiger partial charge in [0, 0.05) is 6.04 Å². The Bertz CT molecular complexity index is 467. The third-order valence-electron chi connectivity index (χ3n) is 6.14. The van der Waals surface area contributed by atoms with Crippen molar-refractivity contribution in [2.24, 2.45) is 23.5 Å². The fraction of sp³-hybridized carbons (Fsp3) is 0.684. The zero-order chi connectivity index (χ0) is 13.7. The first-order valence-corrected chi connectivity index (χ1v) is 8.48. The van der Waals surface area contributed by atoms with Gasteiger partial charge in [-0.25, -0.2) is 0 Å². The first kappa shape index (κ1) is 12.9. The first-order valence-electron chi connectivity index (χ1n) is 8.48. The van der Waals surface area contributed by atoms with Crippen LogP contribution in [0.3, 0.4) is 0 Å². The molecule has 4 bridgehead atoms. The number of hydrogen-bond acceptors (Lipinski definition) is 1. The molecule has 1 heteroatoms. The van der Waals surface area contributed by atoms with Crippen molar-refractivity contribution in [3.8, 4) is 0 Å². The van der Waals surface area contributed by atoms with E-state index < -0.39 is 0 Å². The molecule has 1 unspecified atom stereocenters. The van der Waals surface area contributed by atoms with E-state index in [1.165, 1.54) is 44.1 Å². The minimum atomic E-state index is 0.265. The van der Waals surface area contributed by atoms with Crippen LogP contribution in [-0.2, 0) is 11.8 Å². The van der Waals surface area contributed by atoms with E-state index in [9.17, 15) is 0 Å². The van der Waals surface area contributed by atoms with Gasteiger partial charge in [-0.05, 0) is 86.2 Å². The Kier molecular flexibility index (Phi) is 2.96. The van der Waals surface area contributed by atoms with Gasteiger partial charge in [-0.15, -0.1) is 0 Å². The van der Waals surface area contributed by atoms with E-state index in [0.717, 1.165) is 24.2 Å². The molecule has 5 rings (SSSR count). The summed E-state index contributed by atoms with van der Waals surface area (Å²) in [5.74, 6) is 3.08. The van der Waals surface area contributed by atoms with Crippen LogP contribution in [0.25, 0.3) is 0 Å². The summed E-state index contributed by atoms with van der Waals surface area (Å²) in [6, 6.07) is 9.68. The standard InChI is InChI=1S/C19H27N/c1-13(20)5-14-3-2-4-18(9-14)19-10-15-6-16(11-19)8-17(7-15)12-19/h2-4,9,13,15-17H,5-8,10-12,20H2,1H3. The van der Waals surface area contributed by atoms with Gasteiger partial charge in [0.05, 0.1) is 0 Å². The average molecular weight is 269 g/mol. The second-order valence-electron chi connectivity index (χ2n) is 8.08. The van der Waals surface area contributed by atoms with Gasteiger partial charge in [-0.1, -0.05) is 24.3 Å². The van der Waals surface area contributed by atoms with Crippen molar-refractivity contribution in [1.82, 2.24) is 0 Å². The molecule has 1 nitrogen and oxygen atoms in total. The predicted molar refractivity (Wildman–Crippen MR) is 83.6 cm³/mol. The van der Waals surface area contributed by atoms with E-state index >= 15 is 0 Å². The van der Waals surface area contributed by atoms with E-state index in [4.69, 9.17) is 5.73 Å². The summed E-state index contributed by atoms with van der Waals surface area (Å²) in [5, 5.41) is 0. The molecule has 0 radical (unpaired) electrons. The number of benzene rings is 1. The van der Waals surface area contributed by atoms with Crippen molar-refractivity contribution < 1.29 is 0 Å². The Morgan fingerprint density at radius 1 is 1.10 bits per heavy atom. The summed E-state index contributed by atoms with van der Waals surface area (Å²) in [4.78, 5) is 0. The molecular formula is C19H27N. The van der Waals surface area contributed by atoms with Crippen molar-refractivity contribution in [3.63, 3.8) is 0 Å². The monoisotopic (exact) mass is 269 g/mol. The molecule has 4 saturated carbocycles. The highest BCUT2D eigenvalue weighted by Crippen LogP contribution is 2.60. The fourth-order valence-electron chi connectivity index (χ4n) is 5.86. The summed E-state index contributed by atoms with van der Waals surface area (Å²) in [6.45, 7) is 2.11. The molecule has 0 saturated heterocycles. The van der Waals surface area contributed by atoms with Gasteiger partial charge in [0.15, 0.2) is 0 Å². The first-order chi connectivity index (χ1) is 9.63. The van der Waals surface area contributed by atoms with Crippen LogP contribution < -0.4 is 5.73 Å². The van der Waals surface area contributed by atoms with Crippen LogP contribution in [0.15, 0.2) is 24.3 Å². The third-order valence-corrected chi connectivity index (χ3v) is 6.14. The molecule has 20 heavy (non-hydrogen) atoms. The van der Waals surface area contributed by atoms with E-state index in [2.05, 4.69) is 31.2 Å². The molecule has 1 atom stereocenters. The average Bonchev–Trinajstić information content (AvgIpc) is 2.36. The van der Waals surface area contributed by atoms with Crippen LogP contribution >= 0.6 is 0 Å². The van der Waals surface area contributed by atoms with Crippen molar-refractivity contribution in [1.29, 1.82) is 0 Å². The predicted octanol–water partition coefficient (Wildman–Crippen LogP) is 4.04. The lowest BCUT2D eigenvalue weighted by Gasteiger charge is -2.57. The maximum Gasteiger partial charge on any atom is 0.00509 e. The summed E-state index contributed by atoms with van der Waals surface area (Å²) < 4.78 is 0. The van der Waals surface area contributed by atoms with Crippen molar-refractivity contribution in [2.75, 3.05) is 0 Å². The number of rotatable bonds is 3. The molecule has 0 aliphatic heterocycles. The second kappa shape index (κ2) is 4.59.